The van der Waals surface area contributed by atoms with Crippen molar-refractivity contribution in [2.75, 3.05) is 7.11 Å². The molecule has 1 unspecified atom stereocenters. The molecule has 1 atom stereocenters. The van der Waals surface area contributed by atoms with Crippen molar-refractivity contribution in [2.24, 2.45) is 0 Å². The number of ether oxygens (including phenoxy) is 1. The Balaban J connectivity index is 3.10. The third-order valence-electron chi connectivity index (χ3n) is 1.64. The molecule has 0 aromatic heterocycles. The number of hydrogen-bond donors (Lipinski definition) is 0. The first kappa shape index (κ1) is 10.7. The van der Waals surface area contributed by atoms with Gasteiger partial charge in [0.05, 0.1) is 0 Å². The van der Waals surface area contributed by atoms with Crippen LogP contribution in [0.4, 0.5) is 0 Å². The van der Waals surface area contributed by atoms with E-state index in [2.05, 4.69) is 15.9 Å². The maximum atomic E-state index is 10.6. The minimum absolute atomic E-state index is 0.530. The predicted molar refractivity (Wildman–Crippen MR) is 55.0 cm³/mol. The van der Waals surface area contributed by atoms with Crippen LogP contribution in [0.1, 0.15) is 11.7 Å². The van der Waals surface area contributed by atoms with Crippen LogP contribution in [0, 0.1) is 0 Å². The number of methoxy groups -OCH3 is 1. The molecule has 0 amide bonds. The molecule has 1 aromatic carbocycles. The Hall–Kier alpha value is -0.380. The van der Waals surface area contributed by atoms with Gasteiger partial charge in [0, 0.05) is 22.2 Å². The van der Waals surface area contributed by atoms with Gasteiger partial charge in [0.15, 0.2) is 6.29 Å². The lowest BCUT2D eigenvalue weighted by molar-refractivity contribution is -0.116. The maximum absolute atomic E-state index is 10.6. The molecule has 0 aliphatic heterocycles. The minimum Gasteiger partial charge on any atom is -0.369 e. The molecule has 13 heavy (non-hydrogen) atoms. The topological polar surface area (TPSA) is 26.3 Å². The summed E-state index contributed by atoms with van der Waals surface area (Å²) in [5.41, 5.74) is 0.675. The number of halogens is 2. The predicted octanol–water partition coefficient (Wildman–Crippen LogP) is 2.99. The number of rotatable bonds is 3. The Bertz CT molecular complexity index is 314. The average molecular weight is 264 g/mol. The lowest BCUT2D eigenvalue weighted by atomic mass is 10.1. The van der Waals surface area contributed by atoms with E-state index < -0.39 is 6.10 Å². The fourth-order valence-corrected chi connectivity index (χ4v) is 1.59. The molecule has 70 valence electrons. The average Bonchev–Trinajstić information content (AvgIpc) is 2.13. The van der Waals surface area contributed by atoms with E-state index in [0.29, 0.717) is 16.9 Å². The van der Waals surface area contributed by atoms with Crippen molar-refractivity contribution in [3.63, 3.8) is 0 Å². The lowest BCUT2D eigenvalue weighted by Crippen LogP contribution is -2.03. The molecule has 0 aliphatic carbocycles. The third-order valence-corrected chi connectivity index (χ3v) is 2.48. The molecule has 0 spiro atoms. The second-order valence-electron chi connectivity index (χ2n) is 2.46. The monoisotopic (exact) mass is 262 g/mol. The van der Waals surface area contributed by atoms with Crippen LogP contribution in [0.2, 0.25) is 5.02 Å². The highest BCUT2D eigenvalue weighted by Gasteiger charge is 2.12. The Kier molecular flexibility index (Phi) is 3.90. The molecular formula is C9H8BrClO2. The molecule has 0 bridgehead atoms. The first-order valence-electron chi connectivity index (χ1n) is 3.62. The standard InChI is InChI=1S/C9H8BrClO2/c1-13-9(5-12)7-4-6(10)2-3-8(7)11/h2-5,9H,1H3. The van der Waals surface area contributed by atoms with Gasteiger partial charge in [-0.25, -0.2) is 0 Å². The summed E-state index contributed by atoms with van der Waals surface area (Å²) in [4.78, 5) is 10.6. The summed E-state index contributed by atoms with van der Waals surface area (Å²) in [5, 5.41) is 0.530. The van der Waals surface area contributed by atoms with Crippen LogP contribution >= 0.6 is 27.5 Å². The fourth-order valence-electron chi connectivity index (χ4n) is 0.988. The van der Waals surface area contributed by atoms with Crippen molar-refractivity contribution in [3.05, 3.63) is 33.3 Å². The van der Waals surface area contributed by atoms with E-state index in [-0.39, 0.29) is 0 Å². The van der Waals surface area contributed by atoms with Gasteiger partial charge >= 0.3 is 0 Å². The van der Waals surface area contributed by atoms with Crippen LogP contribution in [-0.2, 0) is 9.53 Å². The van der Waals surface area contributed by atoms with Crippen LogP contribution in [0.25, 0.3) is 0 Å². The Morgan fingerprint density at radius 2 is 2.31 bits per heavy atom. The van der Waals surface area contributed by atoms with Gasteiger partial charge in [-0.05, 0) is 18.2 Å². The summed E-state index contributed by atoms with van der Waals surface area (Å²) < 4.78 is 5.82. The van der Waals surface area contributed by atoms with E-state index in [4.69, 9.17) is 16.3 Å². The molecular weight excluding hydrogens is 255 g/mol. The molecule has 0 aliphatic rings. The Labute approximate surface area is 90.0 Å². The highest BCUT2D eigenvalue weighted by molar-refractivity contribution is 9.10. The number of carbonyl (C=O) groups is 1. The van der Waals surface area contributed by atoms with Crippen molar-refractivity contribution < 1.29 is 9.53 Å². The van der Waals surface area contributed by atoms with Crippen molar-refractivity contribution in [3.8, 4) is 0 Å². The molecule has 0 heterocycles. The number of carbonyl (C=O) groups excluding carboxylic acids is 1. The van der Waals surface area contributed by atoms with E-state index >= 15 is 0 Å². The van der Waals surface area contributed by atoms with Crippen LogP contribution in [0.5, 0.6) is 0 Å². The van der Waals surface area contributed by atoms with Crippen molar-refractivity contribution in [2.45, 2.75) is 6.10 Å². The first-order chi connectivity index (χ1) is 6.19. The Morgan fingerprint density at radius 1 is 1.62 bits per heavy atom. The molecule has 0 fully saturated rings. The van der Waals surface area contributed by atoms with Gasteiger partial charge in [0.2, 0.25) is 0 Å². The van der Waals surface area contributed by atoms with E-state index in [1.807, 2.05) is 6.07 Å². The number of aldehydes is 1. The zero-order valence-electron chi connectivity index (χ0n) is 6.96. The lowest BCUT2D eigenvalue weighted by Gasteiger charge is -2.10. The molecule has 0 N–H and O–H groups in total. The van der Waals surface area contributed by atoms with Gasteiger partial charge in [0.25, 0.3) is 0 Å². The SMILES string of the molecule is COC(C=O)c1cc(Br)ccc1Cl. The van der Waals surface area contributed by atoms with Crippen LogP contribution in [0.15, 0.2) is 22.7 Å². The van der Waals surface area contributed by atoms with Gasteiger partial charge in [-0.3, -0.25) is 0 Å². The normalized spacial score (nSPS) is 12.5. The van der Waals surface area contributed by atoms with E-state index in [1.54, 1.807) is 12.1 Å². The molecule has 1 rings (SSSR count). The second-order valence-corrected chi connectivity index (χ2v) is 3.78. The van der Waals surface area contributed by atoms with Gasteiger partial charge in [0.1, 0.15) is 6.10 Å². The zero-order valence-corrected chi connectivity index (χ0v) is 9.30. The molecule has 0 saturated heterocycles. The molecule has 2 nitrogen and oxygen atoms in total. The Morgan fingerprint density at radius 3 is 2.85 bits per heavy atom. The van der Waals surface area contributed by atoms with Gasteiger partial charge in [-0.15, -0.1) is 0 Å². The quantitative estimate of drug-likeness (QED) is 0.784. The minimum atomic E-state index is -0.593. The molecule has 1 aromatic rings. The van der Waals surface area contributed by atoms with Crippen molar-refractivity contribution in [1.29, 1.82) is 0 Å². The maximum Gasteiger partial charge on any atom is 0.153 e. The van der Waals surface area contributed by atoms with Crippen LogP contribution in [-0.4, -0.2) is 13.4 Å². The number of hydrogen-bond acceptors (Lipinski definition) is 2. The third kappa shape index (κ3) is 2.53. The summed E-state index contributed by atoms with van der Waals surface area (Å²) in [7, 11) is 1.47. The molecule has 4 heteroatoms. The number of benzene rings is 1. The van der Waals surface area contributed by atoms with E-state index in [1.165, 1.54) is 7.11 Å². The summed E-state index contributed by atoms with van der Waals surface area (Å²) in [5.74, 6) is 0. The van der Waals surface area contributed by atoms with E-state index in [9.17, 15) is 4.79 Å². The van der Waals surface area contributed by atoms with Gasteiger partial charge < -0.3 is 9.53 Å². The zero-order chi connectivity index (χ0) is 9.84. The summed E-state index contributed by atoms with van der Waals surface area (Å²) >= 11 is 9.18. The van der Waals surface area contributed by atoms with Crippen LogP contribution in [0.3, 0.4) is 0 Å². The van der Waals surface area contributed by atoms with Crippen LogP contribution < -0.4 is 0 Å². The summed E-state index contributed by atoms with van der Waals surface area (Å²) in [6, 6.07) is 5.30. The van der Waals surface area contributed by atoms with Crippen molar-refractivity contribution in [1.82, 2.24) is 0 Å². The summed E-state index contributed by atoms with van der Waals surface area (Å²) in [6.45, 7) is 0. The highest BCUT2D eigenvalue weighted by atomic mass is 79.9. The second kappa shape index (κ2) is 4.74. The largest absolute Gasteiger partial charge is 0.369 e. The smallest absolute Gasteiger partial charge is 0.153 e. The van der Waals surface area contributed by atoms with Gasteiger partial charge in [-0.1, -0.05) is 27.5 Å². The molecule has 0 radical (unpaired) electrons. The fraction of sp³-hybridized carbons (Fsp3) is 0.222. The molecule has 0 saturated carbocycles. The highest BCUT2D eigenvalue weighted by Crippen LogP contribution is 2.27. The van der Waals surface area contributed by atoms with Crippen molar-refractivity contribution >= 4 is 33.8 Å². The van der Waals surface area contributed by atoms with E-state index in [0.717, 1.165) is 4.47 Å². The van der Waals surface area contributed by atoms with Gasteiger partial charge in [-0.2, -0.15) is 0 Å². The summed E-state index contributed by atoms with van der Waals surface area (Å²) in [6.07, 6.45) is 0.123. The first-order valence-corrected chi connectivity index (χ1v) is 4.79.